The number of hydrogen-bond donors (Lipinski definition) is 4. The number of hydrogen-bond acceptors (Lipinski definition) is 14. The summed E-state index contributed by atoms with van der Waals surface area (Å²) in [4.78, 5) is 58.9. The molecule has 0 heterocycles. The van der Waals surface area contributed by atoms with Gasteiger partial charge in [-0.25, -0.2) is 9.13 Å². The van der Waals surface area contributed by atoms with E-state index in [2.05, 4.69) is 130 Å². The highest BCUT2D eigenvalue weighted by Crippen LogP contribution is 2.45. The Balaban J connectivity index is 4.44. The molecule has 0 aliphatic heterocycles. The van der Waals surface area contributed by atoms with Crippen molar-refractivity contribution in [2.75, 3.05) is 39.6 Å². The molecule has 0 rings (SSSR count). The number of allylic oxidation sites excluding steroid dienone is 18. The van der Waals surface area contributed by atoms with Gasteiger partial charge < -0.3 is 34.2 Å². The van der Waals surface area contributed by atoms with Crippen LogP contribution in [0.2, 0.25) is 0 Å². The second-order valence-electron chi connectivity index (χ2n) is 30.4. The third-order valence-electron chi connectivity index (χ3n) is 19.5. The minimum atomic E-state index is -4.93. The molecule has 0 aromatic rings. The Morgan fingerprint density at radius 2 is 0.477 bits per heavy atom. The highest BCUT2D eigenvalue weighted by atomic mass is 31.2. The van der Waals surface area contributed by atoms with Crippen molar-refractivity contribution in [3.8, 4) is 0 Å². The Bertz CT molecular complexity index is 2450. The fourth-order valence-corrected chi connectivity index (χ4v) is 14.2. The molecule has 0 spiro atoms. The number of carbonyl (C=O) groups is 3. The van der Waals surface area contributed by atoms with E-state index >= 15 is 0 Å². The molecule has 0 amide bonds. The van der Waals surface area contributed by atoms with Crippen molar-refractivity contribution in [3.05, 3.63) is 109 Å². The number of phosphoric ester groups is 2. The average Bonchev–Trinajstić information content (AvgIpc) is 0.902. The second-order valence-corrected chi connectivity index (χ2v) is 33.3. The zero-order chi connectivity index (χ0) is 80.8. The van der Waals surface area contributed by atoms with E-state index in [0.717, 1.165) is 128 Å². The van der Waals surface area contributed by atoms with Gasteiger partial charge in [-0.2, -0.15) is 0 Å². The van der Waals surface area contributed by atoms with Crippen LogP contribution in [-0.4, -0.2) is 95.9 Å². The monoisotopic (exact) mass is 1600 g/mol. The topological polar surface area (TPSA) is 231 Å². The van der Waals surface area contributed by atoms with Crippen LogP contribution in [0, 0.1) is 0 Å². The van der Waals surface area contributed by atoms with Gasteiger partial charge >= 0.3 is 33.6 Å². The number of ether oxygens (including phenoxy) is 3. The third kappa shape index (κ3) is 86.9. The summed E-state index contributed by atoms with van der Waals surface area (Å²) in [6, 6.07) is 0. The largest absolute Gasteiger partial charge is 0.472 e. The zero-order valence-corrected chi connectivity index (χ0v) is 72.7. The molecule has 0 saturated heterocycles. The summed E-state index contributed by atoms with van der Waals surface area (Å²) in [5.41, 5.74) is 0. The summed E-state index contributed by atoms with van der Waals surface area (Å²) in [5, 5.41) is 20.7. The minimum Gasteiger partial charge on any atom is -0.463 e. The first-order chi connectivity index (χ1) is 54.2. The lowest BCUT2D eigenvalue weighted by atomic mass is 10.0. The van der Waals surface area contributed by atoms with Gasteiger partial charge in [-0.1, -0.05) is 387 Å². The molecule has 4 N–H and O–H groups in total. The van der Waals surface area contributed by atoms with Crippen molar-refractivity contribution in [2.24, 2.45) is 0 Å². The lowest BCUT2D eigenvalue weighted by Gasteiger charge is -2.21. The zero-order valence-electron chi connectivity index (χ0n) is 70.9. The van der Waals surface area contributed by atoms with Gasteiger partial charge in [0.25, 0.3) is 0 Å². The highest BCUT2D eigenvalue weighted by molar-refractivity contribution is 7.47. The van der Waals surface area contributed by atoms with E-state index in [1.807, 2.05) is 0 Å². The molecule has 0 aliphatic carbocycles. The van der Waals surface area contributed by atoms with E-state index in [9.17, 15) is 43.5 Å². The van der Waals surface area contributed by atoms with Gasteiger partial charge in [0, 0.05) is 19.3 Å². The van der Waals surface area contributed by atoms with Crippen molar-refractivity contribution in [1.29, 1.82) is 0 Å². The lowest BCUT2D eigenvalue weighted by molar-refractivity contribution is -0.161. The van der Waals surface area contributed by atoms with E-state index in [0.29, 0.717) is 19.3 Å². The summed E-state index contributed by atoms with van der Waals surface area (Å²) >= 11 is 0. The molecule has 16 nitrogen and oxygen atoms in total. The molecule has 5 unspecified atom stereocenters. The first-order valence-electron chi connectivity index (χ1n) is 45.2. The Hall–Kier alpha value is -3.79. The van der Waals surface area contributed by atoms with Crippen LogP contribution in [0.5, 0.6) is 0 Å². The van der Waals surface area contributed by atoms with Crippen LogP contribution in [0.25, 0.3) is 0 Å². The number of aliphatic hydroxyl groups excluding tert-OH is 2. The van der Waals surface area contributed by atoms with Crippen LogP contribution >= 0.6 is 15.6 Å². The van der Waals surface area contributed by atoms with E-state index in [1.165, 1.54) is 218 Å². The van der Waals surface area contributed by atoms with Gasteiger partial charge in [-0.05, 0) is 109 Å². The maximum Gasteiger partial charge on any atom is 0.472 e. The normalized spacial score (nSPS) is 14.3. The van der Waals surface area contributed by atoms with Crippen LogP contribution < -0.4 is 0 Å². The fraction of sp³-hybridized carbons (Fsp3) is 0.774. The van der Waals surface area contributed by atoms with Crippen molar-refractivity contribution in [2.45, 2.75) is 424 Å². The average molecular weight is 1600 g/mol. The molecular formula is C93H166O16P2. The van der Waals surface area contributed by atoms with E-state index in [-0.39, 0.29) is 19.3 Å². The number of unbranched alkanes of at least 4 members (excludes halogenated alkanes) is 45. The standard InChI is InChI=1S/C93H166O16P2/c1-4-7-10-13-16-19-22-25-28-30-32-34-36-38-40-41-42-43-44-45-47-49-50-52-54-56-59-61-64-67-70-73-76-79-91(96)103-82-88(94)83-105-110(99,100)106-84-89(95)85-107-111(101,102)108-87-90(109-93(98)81-78-75-72-69-66-63-58-27-24-21-18-15-12-9-6-3)86-104-92(97)80-77-74-71-68-65-62-60-57-55-53-51-48-46-39-37-35-33-31-29-26-23-20-17-14-11-8-5-2/h7,10,16-17,19-20,25-26,28-29,32-35,38-40,46,88-90,94-95H,4-6,8-9,11-15,18,21-24,27,30-31,36-37,41-45,47-87H2,1-3H3,(H,99,100)(H,101,102)/b10-7-,19-16-,20-17-,28-25-,29-26-,34-32-,35-33-,40-38-,46-39-. The Labute approximate surface area is 679 Å². The molecule has 644 valence electrons. The molecule has 5 atom stereocenters. The molecule has 0 radical (unpaired) electrons. The van der Waals surface area contributed by atoms with Gasteiger partial charge in [-0.15, -0.1) is 0 Å². The summed E-state index contributed by atoms with van der Waals surface area (Å²) in [5.74, 6) is -1.55. The van der Waals surface area contributed by atoms with Crippen LogP contribution in [0.4, 0.5) is 0 Å². The quantitative estimate of drug-likeness (QED) is 0.0146. The molecular weight excluding hydrogens is 1430 g/mol. The van der Waals surface area contributed by atoms with Gasteiger partial charge in [0.05, 0.1) is 26.4 Å². The number of rotatable bonds is 86. The van der Waals surface area contributed by atoms with Gasteiger partial charge in [0.15, 0.2) is 6.10 Å². The highest BCUT2D eigenvalue weighted by Gasteiger charge is 2.29. The smallest absolute Gasteiger partial charge is 0.463 e. The SMILES string of the molecule is CC/C=C\C/C=C\C/C=C\C/C=C\C/C=C\CCCCCCCCCCCCCCCCCCCC(=O)OCC(O)COP(=O)(O)OCC(O)COP(=O)(O)OCC(COC(=O)CCCCCCCCCCCCC/C=C\C/C=C\C/C=C\C/C=C\CCCCC)OC(=O)CCCCCCCCCCCCCCCCC. The summed E-state index contributed by atoms with van der Waals surface area (Å²) in [6.07, 6.45) is 103. The summed E-state index contributed by atoms with van der Waals surface area (Å²) < 4.78 is 61.4. The number of carbonyl (C=O) groups excluding carboxylic acids is 3. The van der Waals surface area contributed by atoms with E-state index < -0.39 is 91.5 Å². The maximum atomic E-state index is 13.0. The minimum absolute atomic E-state index is 0.109. The van der Waals surface area contributed by atoms with Crippen molar-refractivity contribution in [3.63, 3.8) is 0 Å². The van der Waals surface area contributed by atoms with Crippen LogP contribution in [0.3, 0.4) is 0 Å². The lowest BCUT2D eigenvalue weighted by Crippen LogP contribution is -2.30. The number of esters is 3. The number of phosphoric acid groups is 2. The third-order valence-corrected chi connectivity index (χ3v) is 21.4. The van der Waals surface area contributed by atoms with Crippen molar-refractivity contribution < 1.29 is 75.8 Å². The molecule has 18 heteroatoms. The van der Waals surface area contributed by atoms with Gasteiger partial charge in [0.2, 0.25) is 0 Å². The molecule has 0 bridgehead atoms. The second kappa shape index (κ2) is 85.6. The molecule has 111 heavy (non-hydrogen) atoms. The summed E-state index contributed by atoms with van der Waals surface area (Å²) in [7, 11) is -9.79. The van der Waals surface area contributed by atoms with Gasteiger partial charge in [0.1, 0.15) is 25.4 Å². The predicted octanol–water partition coefficient (Wildman–Crippen LogP) is 27.4. The summed E-state index contributed by atoms with van der Waals surface area (Å²) in [6.45, 7) is 2.62. The van der Waals surface area contributed by atoms with Gasteiger partial charge in [-0.3, -0.25) is 32.5 Å². The van der Waals surface area contributed by atoms with Crippen molar-refractivity contribution in [1.82, 2.24) is 0 Å². The molecule has 0 saturated carbocycles. The van der Waals surface area contributed by atoms with E-state index in [1.54, 1.807) is 0 Å². The number of aliphatic hydroxyl groups is 2. The maximum absolute atomic E-state index is 13.0. The first-order valence-corrected chi connectivity index (χ1v) is 48.2. The predicted molar refractivity (Wildman–Crippen MR) is 464 cm³/mol. The molecule has 0 aromatic heterocycles. The Kier molecular flexibility index (Phi) is 82.7. The molecule has 0 aliphatic rings. The Morgan fingerprint density at radius 1 is 0.261 bits per heavy atom. The van der Waals surface area contributed by atoms with Crippen LogP contribution in [0.15, 0.2) is 109 Å². The molecule has 0 fully saturated rings. The molecule has 0 aromatic carbocycles. The van der Waals surface area contributed by atoms with Crippen molar-refractivity contribution >= 4 is 33.6 Å². The first kappa shape index (κ1) is 107. The fourth-order valence-electron chi connectivity index (χ4n) is 12.6. The van der Waals surface area contributed by atoms with Crippen LogP contribution in [0.1, 0.15) is 406 Å². The Morgan fingerprint density at radius 3 is 0.775 bits per heavy atom. The van der Waals surface area contributed by atoms with Crippen LogP contribution in [-0.2, 0) is 55.8 Å². The van der Waals surface area contributed by atoms with E-state index in [4.69, 9.17) is 32.3 Å².